The minimum atomic E-state index is -0.103. The van der Waals surface area contributed by atoms with Gasteiger partial charge in [0.2, 0.25) is 5.91 Å². The van der Waals surface area contributed by atoms with E-state index >= 15 is 0 Å². The van der Waals surface area contributed by atoms with E-state index in [9.17, 15) is 9.59 Å². The summed E-state index contributed by atoms with van der Waals surface area (Å²) in [7, 11) is 0. The molecule has 33 heavy (non-hydrogen) atoms. The van der Waals surface area contributed by atoms with Gasteiger partial charge in [-0.15, -0.1) is 10.2 Å². The molecule has 4 rings (SSSR count). The van der Waals surface area contributed by atoms with E-state index in [1.165, 1.54) is 0 Å². The van der Waals surface area contributed by atoms with E-state index in [1.54, 1.807) is 18.2 Å². The predicted octanol–water partition coefficient (Wildman–Crippen LogP) is 3.31. The summed E-state index contributed by atoms with van der Waals surface area (Å²) in [6.07, 6.45) is 4.58. The van der Waals surface area contributed by atoms with Crippen LogP contribution in [-0.4, -0.2) is 51.1 Å². The third kappa shape index (κ3) is 5.87. The summed E-state index contributed by atoms with van der Waals surface area (Å²) in [5, 5.41) is 12.2. The summed E-state index contributed by atoms with van der Waals surface area (Å²) in [5.74, 6) is 1.54. The Morgan fingerprint density at radius 3 is 2.70 bits per heavy atom. The van der Waals surface area contributed by atoms with Gasteiger partial charge in [0.15, 0.2) is 0 Å². The van der Waals surface area contributed by atoms with E-state index < -0.39 is 0 Å². The Kier molecular flexibility index (Phi) is 7.19. The van der Waals surface area contributed by atoms with Crippen molar-refractivity contribution in [2.75, 3.05) is 19.6 Å². The van der Waals surface area contributed by atoms with Crippen molar-refractivity contribution in [2.45, 2.75) is 26.3 Å². The number of benzene rings is 2. The van der Waals surface area contributed by atoms with E-state index in [0.29, 0.717) is 49.6 Å². The lowest BCUT2D eigenvalue weighted by atomic mass is 10.1. The average Bonchev–Trinajstić information content (AvgIpc) is 3.06. The number of nitrogens with zero attached hydrogens (tertiary/aromatic N) is 4. The van der Waals surface area contributed by atoms with E-state index in [-0.39, 0.29) is 11.8 Å². The zero-order chi connectivity index (χ0) is 23.2. The molecule has 0 saturated carbocycles. The number of halogens is 1. The number of fused-ring (bicyclic) bond motifs is 1. The van der Waals surface area contributed by atoms with Gasteiger partial charge in [0.1, 0.15) is 11.6 Å². The number of aryl methyl sites for hydroxylation is 1. The first-order chi connectivity index (χ1) is 16.0. The van der Waals surface area contributed by atoms with Crippen molar-refractivity contribution in [1.82, 2.24) is 25.0 Å². The summed E-state index contributed by atoms with van der Waals surface area (Å²) in [6, 6.07) is 14.9. The molecule has 0 spiro atoms. The Labute approximate surface area is 198 Å². The molecular weight excluding hydrogens is 438 g/mol. The first-order valence-corrected chi connectivity index (χ1v) is 11.4. The Morgan fingerprint density at radius 1 is 1.09 bits per heavy atom. The molecule has 1 N–H and O–H groups in total. The minimum Gasteiger partial charge on any atom is -0.352 e. The van der Waals surface area contributed by atoms with Crippen LogP contribution >= 0.6 is 11.6 Å². The molecule has 0 unspecified atom stereocenters. The summed E-state index contributed by atoms with van der Waals surface area (Å²) in [4.78, 5) is 26.8. The number of amides is 2. The van der Waals surface area contributed by atoms with Crippen molar-refractivity contribution in [3.63, 3.8) is 0 Å². The molecule has 7 nitrogen and oxygen atoms in total. The fourth-order valence-corrected chi connectivity index (χ4v) is 3.97. The van der Waals surface area contributed by atoms with E-state index in [1.807, 2.05) is 54.3 Å². The van der Waals surface area contributed by atoms with Crippen LogP contribution in [0.25, 0.3) is 6.08 Å². The van der Waals surface area contributed by atoms with Crippen molar-refractivity contribution in [3.8, 4) is 0 Å². The summed E-state index contributed by atoms with van der Waals surface area (Å²) >= 11 is 6.01. The zero-order valence-corrected chi connectivity index (χ0v) is 19.3. The average molecular weight is 464 g/mol. The van der Waals surface area contributed by atoms with Crippen molar-refractivity contribution >= 4 is 29.5 Å². The van der Waals surface area contributed by atoms with Gasteiger partial charge in [0.05, 0.1) is 0 Å². The van der Waals surface area contributed by atoms with Crippen LogP contribution in [0.15, 0.2) is 54.6 Å². The quantitative estimate of drug-likeness (QED) is 0.569. The number of nitrogens with one attached hydrogen (secondary N) is 1. The molecule has 2 aromatic carbocycles. The normalized spacial score (nSPS) is 13.6. The lowest BCUT2D eigenvalue weighted by Crippen LogP contribution is -2.32. The molecule has 3 aromatic rings. The molecule has 1 aliphatic rings. The SMILES string of the molecule is Cc1ccc(C(=O)NCCc2nnc3n2CCN(C(=O)/C=C/c2cccc(Cl)c2)CC3)cc1. The zero-order valence-electron chi connectivity index (χ0n) is 18.5. The lowest BCUT2D eigenvalue weighted by Gasteiger charge is -2.18. The van der Waals surface area contributed by atoms with Crippen molar-refractivity contribution in [3.05, 3.63) is 88.0 Å². The molecule has 2 amide bonds. The van der Waals surface area contributed by atoms with Crippen LogP contribution in [0.4, 0.5) is 0 Å². The molecule has 0 fully saturated rings. The van der Waals surface area contributed by atoms with Gasteiger partial charge >= 0.3 is 0 Å². The third-order valence-corrected chi connectivity index (χ3v) is 5.86. The van der Waals surface area contributed by atoms with Gasteiger partial charge < -0.3 is 14.8 Å². The maximum atomic E-state index is 12.7. The van der Waals surface area contributed by atoms with Crippen LogP contribution in [-0.2, 0) is 24.2 Å². The molecule has 0 radical (unpaired) electrons. The fraction of sp³-hybridized carbons (Fsp3) is 0.280. The Bertz CT molecular complexity index is 1170. The van der Waals surface area contributed by atoms with Crippen LogP contribution in [0.5, 0.6) is 0 Å². The van der Waals surface area contributed by atoms with Crippen molar-refractivity contribution in [1.29, 1.82) is 0 Å². The highest BCUT2D eigenvalue weighted by Crippen LogP contribution is 2.14. The standard InChI is InChI=1S/C25H26ClN5O2/c1-18-5-8-20(9-6-18)25(33)27-13-11-22-28-29-23-12-14-30(15-16-31(22)23)24(32)10-7-19-3-2-4-21(26)17-19/h2-10,17H,11-16H2,1H3,(H,27,33)/b10-7+. The van der Waals surface area contributed by atoms with E-state index in [2.05, 4.69) is 20.1 Å². The second-order valence-electron chi connectivity index (χ2n) is 8.02. The van der Waals surface area contributed by atoms with Gasteiger partial charge in [-0.05, 0) is 42.8 Å². The highest BCUT2D eigenvalue weighted by Gasteiger charge is 2.20. The number of aromatic nitrogens is 3. The van der Waals surface area contributed by atoms with Gasteiger partial charge in [-0.25, -0.2) is 0 Å². The molecule has 0 atom stereocenters. The molecule has 0 aliphatic carbocycles. The van der Waals surface area contributed by atoms with Crippen LogP contribution < -0.4 is 5.32 Å². The molecule has 1 aliphatic heterocycles. The second-order valence-corrected chi connectivity index (χ2v) is 8.46. The van der Waals surface area contributed by atoms with E-state index in [0.717, 1.165) is 22.8 Å². The molecule has 2 heterocycles. The fourth-order valence-electron chi connectivity index (χ4n) is 3.77. The van der Waals surface area contributed by atoms with Gasteiger partial charge in [-0.1, -0.05) is 41.4 Å². The third-order valence-electron chi connectivity index (χ3n) is 5.63. The smallest absolute Gasteiger partial charge is 0.251 e. The number of hydrogen-bond acceptors (Lipinski definition) is 4. The number of hydrogen-bond donors (Lipinski definition) is 1. The maximum Gasteiger partial charge on any atom is 0.251 e. The first-order valence-electron chi connectivity index (χ1n) is 11.0. The molecule has 0 bridgehead atoms. The van der Waals surface area contributed by atoms with Gasteiger partial charge in [-0.3, -0.25) is 9.59 Å². The highest BCUT2D eigenvalue weighted by molar-refractivity contribution is 6.30. The Hall–Kier alpha value is -3.45. The van der Waals surface area contributed by atoms with Crippen LogP contribution in [0.2, 0.25) is 5.02 Å². The van der Waals surface area contributed by atoms with Crippen LogP contribution in [0.1, 0.15) is 33.1 Å². The van der Waals surface area contributed by atoms with Crippen LogP contribution in [0.3, 0.4) is 0 Å². The molecule has 1 aromatic heterocycles. The lowest BCUT2D eigenvalue weighted by molar-refractivity contribution is -0.125. The monoisotopic (exact) mass is 463 g/mol. The van der Waals surface area contributed by atoms with E-state index in [4.69, 9.17) is 11.6 Å². The summed E-state index contributed by atoms with van der Waals surface area (Å²) in [6.45, 7) is 4.24. The van der Waals surface area contributed by atoms with Crippen molar-refractivity contribution < 1.29 is 9.59 Å². The van der Waals surface area contributed by atoms with Crippen molar-refractivity contribution in [2.24, 2.45) is 0 Å². The summed E-state index contributed by atoms with van der Waals surface area (Å²) < 4.78 is 2.06. The van der Waals surface area contributed by atoms with Gasteiger partial charge in [-0.2, -0.15) is 0 Å². The highest BCUT2D eigenvalue weighted by atomic mass is 35.5. The largest absolute Gasteiger partial charge is 0.352 e. The van der Waals surface area contributed by atoms with Crippen LogP contribution in [0, 0.1) is 6.92 Å². The van der Waals surface area contributed by atoms with Gasteiger partial charge in [0, 0.05) is 55.7 Å². The summed E-state index contributed by atoms with van der Waals surface area (Å²) in [5.41, 5.74) is 2.64. The second kappa shape index (κ2) is 10.4. The number of rotatable bonds is 6. The molecular formula is C25H26ClN5O2. The molecule has 0 saturated heterocycles. The van der Waals surface area contributed by atoms with Gasteiger partial charge in [0.25, 0.3) is 5.91 Å². The Morgan fingerprint density at radius 2 is 1.91 bits per heavy atom. The predicted molar refractivity (Wildman–Crippen MR) is 128 cm³/mol. The maximum absolute atomic E-state index is 12.7. The first kappa shape index (κ1) is 22.7. The number of carbonyl (C=O) groups excluding carboxylic acids is 2. The molecule has 170 valence electrons. The Balaban J connectivity index is 1.31. The topological polar surface area (TPSA) is 80.1 Å². The number of carbonyl (C=O) groups is 2. The minimum absolute atomic E-state index is 0.0411. The molecule has 8 heteroatoms.